The maximum Gasteiger partial charge on any atom is 0.264 e. The van der Waals surface area contributed by atoms with Gasteiger partial charge in [-0.15, -0.1) is 0 Å². The van der Waals surface area contributed by atoms with Crippen molar-refractivity contribution in [1.82, 2.24) is 14.7 Å². The van der Waals surface area contributed by atoms with Crippen molar-refractivity contribution in [3.63, 3.8) is 0 Å². The van der Waals surface area contributed by atoms with E-state index in [1.807, 2.05) is 17.9 Å². The quantitative estimate of drug-likeness (QED) is 0.574. The minimum absolute atomic E-state index is 0.207. The molecule has 0 radical (unpaired) electrons. The van der Waals surface area contributed by atoms with E-state index in [4.69, 9.17) is 4.74 Å². The normalized spacial score (nSPS) is 13.8. The van der Waals surface area contributed by atoms with Crippen LogP contribution in [-0.2, 0) is 20.5 Å². The molecule has 1 aliphatic rings. The molecule has 1 fully saturated rings. The largest absolute Gasteiger partial charge is 0.378 e. The Hall–Kier alpha value is -3.81. The summed E-state index contributed by atoms with van der Waals surface area (Å²) in [6, 6.07) is 12.1. The van der Waals surface area contributed by atoms with Gasteiger partial charge in [0.1, 0.15) is 11.9 Å². The first kappa shape index (κ1) is 23.4. The highest BCUT2D eigenvalue weighted by molar-refractivity contribution is 7.89. The number of nitrogens with one attached hydrogen (secondary N) is 1. The molecule has 1 saturated heterocycles. The number of sulfonamides is 1. The van der Waals surface area contributed by atoms with Gasteiger partial charge in [-0.2, -0.15) is 5.26 Å². The summed E-state index contributed by atoms with van der Waals surface area (Å²) in [4.78, 5) is 22.6. The molecule has 0 saturated carbocycles. The van der Waals surface area contributed by atoms with Crippen molar-refractivity contribution in [3.05, 3.63) is 77.2 Å². The van der Waals surface area contributed by atoms with Gasteiger partial charge in [-0.1, -0.05) is 12.1 Å². The fourth-order valence-electron chi connectivity index (χ4n) is 3.74. The number of carbonyl (C=O) groups excluding carboxylic acids is 1. The Morgan fingerprint density at radius 2 is 1.91 bits per heavy atom. The van der Waals surface area contributed by atoms with Gasteiger partial charge in [0.25, 0.3) is 5.91 Å². The molecule has 0 aliphatic carbocycles. The minimum atomic E-state index is -3.93. The third kappa shape index (κ3) is 5.39. The molecule has 174 valence electrons. The van der Waals surface area contributed by atoms with E-state index in [0.717, 1.165) is 11.1 Å². The number of nitrogens with zero attached hydrogens (tertiary/aromatic N) is 4. The number of nitriles is 1. The Kier molecular flexibility index (Phi) is 6.86. The number of morpholine rings is 1. The molecule has 4 rings (SSSR count). The molecule has 9 nitrogen and oxygen atoms in total. The Balaban J connectivity index is 1.57. The van der Waals surface area contributed by atoms with Crippen molar-refractivity contribution in [2.75, 3.05) is 31.2 Å². The lowest BCUT2D eigenvalue weighted by Gasteiger charge is -2.28. The standard InChI is InChI=1S/C24H23N5O4S/c1-17-2-3-18(16-34(31,32)28-24(30)19-4-6-26-7-5-19)12-22(17)21-13-20(14-25)23(27-15-21)29-8-10-33-11-9-29/h2-7,12-13,15H,8-11,16H2,1H3,(H,28,30). The van der Waals surface area contributed by atoms with E-state index in [2.05, 4.69) is 20.8 Å². The topological polar surface area (TPSA) is 125 Å². The summed E-state index contributed by atoms with van der Waals surface area (Å²) in [7, 11) is -3.93. The number of pyridine rings is 2. The van der Waals surface area contributed by atoms with Crippen molar-refractivity contribution >= 4 is 21.7 Å². The van der Waals surface area contributed by atoms with E-state index in [0.29, 0.717) is 48.8 Å². The number of rotatable bonds is 6. The van der Waals surface area contributed by atoms with Gasteiger partial charge in [0.15, 0.2) is 0 Å². The Labute approximate surface area is 198 Å². The zero-order valence-electron chi connectivity index (χ0n) is 18.6. The molecule has 1 aliphatic heterocycles. The maximum absolute atomic E-state index is 12.6. The monoisotopic (exact) mass is 477 g/mol. The average molecular weight is 478 g/mol. The van der Waals surface area contributed by atoms with Gasteiger partial charge in [0.05, 0.1) is 24.5 Å². The molecular weight excluding hydrogens is 454 g/mol. The summed E-state index contributed by atoms with van der Waals surface area (Å²) < 4.78 is 32.7. The number of aromatic nitrogens is 2. The summed E-state index contributed by atoms with van der Waals surface area (Å²) >= 11 is 0. The zero-order valence-corrected chi connectivity index (χ0v) is 19.4. The number of aryl methyl sites for hydroxylation is 1. The van der Waals surface area contributed by atoms with Crippen LogP contribution in [-0.4, -0.2) is 50.6 Å². The first-order valence-electron chi connectivity index (χ1n) is 10.6. The van der Waals surface area contributed by atoms with Crippen molar-refractivity contribution in [3.8, 4) is 17.2 Å². The summed E-state index contributed by atoms with van der Waals surface area (Å²) in [6.45, 7) is 4.40. The number of ether oxygens (including phenoxy) is 1. The smallest absolute Gasteiger partial charge is 0.264 e. The van der Waals surface area contributed by atoms with Crippen LogP contribution in [0.25, 0.3) is 11.1 Å². The van der Waals surface area contributed by atoms with E-state index >= 15 is 0 Å². The van der Waals surface area contributed by atoms with E-state index in [1.54, 1.807) is 24.4 Å². The molecule has 1 aromatic carbocycles. The van der Waals surface area contributed by atoms with Crippen LogP contribution in [0.5, 0.6) is 0 Å². The van der Waals surface area contributed by atoms with E-state index in [1.165, 1.54) is 24.5 Å². The Morgan fingerprint density at radius 3 is 2.62 bits per heavy atom. The highest BCUT2D eigenvalue weighted by Gasteiger charge is 2.20. The molecular formula is C24H23N5O4S. The van der Waals surface area contributed by atoms with E-state index < -0.39 is 15.9 Å². The molecule has 0 bridgehead atoms. The summed E-state index contributed by atoms with van der Waals surface area (Å²) in [5.41, 5.74) is 3.55. The highest BCUT2D eigenvalue weighted by Crippen LogP contribution is 2.29. The second-order valence-electron chi connectivity index (χ2n) is 7.88. The lowest BCUT2D eigenvalue weighted by atomic mass is 9.98. The van der Waals surface area contributed by atoms with Gasteiger partial charge in [-0.3, -0.25) is 9.78 Å². The van der Waals surface area contributed by atoms with Crippen LogP contribution in [0.2, 0.25) is 0 Å². The molecule has 0 unspecified atom stereocenters. The van der Waals surface area contributed by atoms with Gasteiger partial charge in [-0.25, -0.2) is 18.1 Å². The summed E-state index contributed by atoms with van der Waals surface area (Å²) in [6.07, 6.45) is 4.53. The first-order chi connectivity index (χ1) is 16.4. The molecule has 1 amide bonds. The second kappa shape index (κ2) is 9.99. The fraction of sp³-hybridized carbons (Fsp3) is 0.250. The van der Waals surface area contributed by atoms with Gasteiger partial charge < -0.3 is 9.64 Å². The van der Waals surface area contributed by atoms with Crippen LogP contribution in [0.15, 0.2) is 55.0 Å². The van der Waals surface area contributed by atoms with Crippen molar-refractivity contribution in [2.24, 2.45) is 0 Å². The third-order valence-corrected chi connectivity index (χ3v) is 6.67. The van der Waals surface area contributed by atoms with Gasteiger partial charge in [0, 0.05) is 42.8 Å². The van der Waals surface area contributed by atoms with Gasteiger partial charge >= 0.3 is 0 Å². The van der Waals surface area contributed by atoms with E-state index in [9.17, 15) is 18.5 Å². The number of benzene rings is 1. The van der Waals surface area contributed by atoms with Crippen LogP contribution in [0.1, 0.15) is 27.0 Å². The molecule has 3 heterocycles. The molecule has 0 atom stereocenters. The molecule has 0 spiro atoms. The van der Waals surface area contributed by atoms with E-state index in [-0.39, 0.29) is 11.3 Å². The van der Waals surface area contributed by atoms with Crippen molar-refractivity contribution < 1.29 is 17.9 Å². The van der Waals surface area contributed by atoms with Crippen LogP contribution in [0.4, 0.5) is 5.82 Å². The summed E-state index contributed by atoms with van der Waals surface area (Å²) in [5, 5.41) is 9.70. The number of hydrogen-bond acceptors (Lipinski definition) is 8. The Bertz CT molecular complexity index is 1350. The number of anilines is 1. The lowest BCUT2D eigenvalue weighted by molar-refractivity contribution is 0.0981. The predicted molar refractivity (Wildman–Crippen MR) is 126 cm³/mol. The lowest BCUT2D eigenvalue weighted by Crippen LogP contribution is -2.37. The fourth-order valence-corrected chi connectivity index (χ4v) is 4.83. The van der Waals surface area contributed by atoms with Crippen LogP contribution < -0.4 is 9.62 Å². The predicted octanol–water partition coefficient (Wildman–Crippen LogP) is 2.42. The van der Waals surface area contributed by atoms with Gasteiger partial charge in [-0.05, 0) is 47.9 Å². The third-order valence-electron chi connectivity index (χ3n) is 5.46. The minimum Gasteiger partial charge on any atom is -0.378 e. The van der Waals surface area contributed by atoms with Crippen LogP contribution in [0, 0.1) is 18.3 Å². The zero-order chi connectivity index (χ0) is 24.1. The first-order valence-corrected chi connectivity index (χ1v) is 12.3. The number of amides is 1. The Morgan fingerprint density at radius 1 is 1.18 bits per heavy atom. The second-order valence-corrected chi connectivity index (χ2v) is 9.60. The molecule has 3 aromatic rings. The molecule has 2 aromatic heterocycles. The molecule has 34 heavy (non-hydrogen) atoms. The molecule has 1 N–H and O–H groups in total. The van der Waals surface area contributed by atoms with Crippen molar-refractivity contribution in [2.45, 2.75) is 12.7 Å². The summed E-state index contributed by atoms with van der Waals surface area (Å²) in [5.74, 6) is -0.470. The van der Waals surface area contributed by atoms with Crippen molar-refractivity contribution in [1.29, 1.82) is 5.26 Å². The maximum atomic E-state index is 12.6. The van der Waals surface area contributed by atoms with Crippen LogP contribution >= 0.6 is 0 Å². The van der Waals surface area contributed by atoms with Gasteiger partial charge in [0.2, 0.25) is 10.0 Å². The number of carbonyl (C=O) groups is 1. The molecule has 10 heteroatoms. The SMILES string of the molecule is Cc1ccc(CS(=O)(=O)NC(=O)c2ccncc2)cc1-c1cnc(N2CCOCC2)c(C#N)c1. The van der Waals surface area contributed by atoms with Crippen LogP contribution in [0.3, 0.4) is 0 Å². The highest BCUT2D eigenvalue weighted by atomic mass is 32.2. The average Bonchev–Trinajstić information content (AvgIpc) is 2.85. The number of hydrogen-bond donors (Lipinski definition) is 1.